The van der Waals surface area contributed by atoms with Crippen molar-refractivity contribution < 1.29 is 10.0 Å². The Bertz CT molecular complexity index is 216. The molecule has 0 amide bonds. The molecule has 1 rings (SSSR count). The molecule has 1 aromatic rings. The van der Waals surface area contributed by atoms with Crippen molar-refractivity contribution in [3.05, 3.63) is 10.9 Å². The van der Waals surface area contributed by atoms with Crippen LogP contribution >= 0.6 is 11.3 Å². The van der Waals surface area contributed by atoms with Gasteiger partial charge in [0.05, 0.1) is 0 Å². The fraction of sp³-hybridized carbons (Fsp3) is 0.200. The lowest BCUT2D eigenvalue weighted by atomic mass is 9.89. The first-order valence-corrected chi connectivity index (χ1v) is 3.65. The summed E-state index contributed by atoms with van der Waals surface area (Å²) >= 11 is 1.30. The van der Waals surface area contributed by atoms with E-state index in [2.05, 4.69) is 0 Å². The van der Waals surface area contributed by atoms with Gasteiger partial charge in [0.25, 0.3) is 0 Å². The molecule has 0 aliphatic carbocycles. The first-order chi connectivity index (χ1) is 4.61. The lowest BCUT2D eigenvalue weighted by Gasteiger charge is -1.87. The van der Waals surface area contributed by atoms with Gasteiger partial charge in [-0.25, -0.2) is 0 Å². The third-order valence-electron chi connectivity index (χ3n) is 1.23. The smallest absolute Gasteiger partial charge is 0.423 e. The minimum atomic E-state index is -1.39. The molecular formula is C5H8BNO2S. The van der Waals surface area contributed by atoms with E-state index in [1.54, 1.807) is 6.07 Å². The van der Waals surface area contributed by atoms with E-state index in [1.807, 2.05) is 6.92 Å². The molecule has 0 bridgehead atoms. The third-order valence-corrected chi connectivity index (χ3v) is 2.34. The molecule has 0 saturated heterocycles. The highest BCUT2D eigenvalue weighted by Gasteiger charge is 2.14. The number of nitrogen functional groups attached to an aromatic ring is 1. The Morgan fingerprint density at radius 3 is 2.40 bits per heavy atom. The summed E-state index contributed by atoms with van der Waals surface area (Å²) in [5.41, 5.74) is 6.09. The molecule has 0 aromatic carbocycles. The number of hydrogen-bond acceptors (Lipinski definition) is 4. The van der Waals surface area contributed by atoms with E-state index in [1.165, 1.54) is 11.3 Å². The van der Waals surface area contributed by atoms with Gasteiger partial charge in [0.2, 0.25) is 0 Å². The molecular weight excluding hydrogens is 149 g/mol. The fourth-order valence-electron chi connectivity index (χ4n) is 0.647. The Hall–Kier alpha value is -0.515. The zero-order valence-electron chi connectivity index (χ0n) is 5.53. The summed E-state index contributed by atoms with van der Waals surface area (Å²) in [5.74, 6) is 0. The van der Waals surface area contributed by atoms with Crippen molar-refractivity contribution >= 4 is 28.9 Å². The van der Waals surface area contributed by atoms with Gasteiger partial charge in [-0.3, -0.25) is 0 Å². The van der Waals surface area contributed by atoms with Crippen molar-refractivity contribution in [1.82, 2.24) is 0 Å². The molecule has 1 aromatic heterocycles. The highest BCUT2D eigenvalue weighted by atomic mass is 32.1. The topological polar surface area (TPSA) is 66.5 Å². The summed E-state index contributed by atoms with van der Waals surface area (Å²) in [7, 11) is -1.39. The SMILES string of the molecule is Cc1sc(B(O)O)cc1N. The zero-order valence-corrected chi connectivity index (χ0v) is 6.35. The summed E-state index contributed by atoms with van der Waals surface area (Å²) in [4.78, 5) is 0.920. The second-order valence-corrected chi connectivity index (χ2v) is 3.32. The van der Waals surface area contributed by atoms with Crippen LogP contribution < -0.4 is 10.5 Å². The van der Waals surface area contributed by atoms with Crippen LogP contribution in [0.3, 0.4) is 0 Å². The van der Waals surface area contributed by atoms with Gasteiger partial charge in [-0.15, -0.1) is 11.3 Å². The van der Waals surface area contributed by atoms with Crippen LogP contribution in [0.4, 0.5) is 5.69 Å². The molecule has 0 atom stereocenters. The molecule has 54 valence electrons. The van der Waals surface area contributed by atoms with E-state index >= 15 is 0 Å². The number of rotatable bonds is 1. The second kappa shape index (κ2) is 2.61. The van der Waals surface area contributed by atoms with Crippen LogP contribution in [0.25, 0.3) is 0 Å². The Balaban J connectivity index is 2.98. The lowest BCUT2D eigenvalue weighted by Crippen LogP contribution is -2.26. The Labute approximate surface area is 63.3 Å². The Morgan fingerprint density at radius 1 is 1.60 bits per heavy atom. The van der Waals surface area contributed by atoms with Crippen LogP contribution in [0.5, 0.6) is 0 Å². The molecule has 10 heavy (non-hydrogen) atoms. The molecule has 0 spiro atoms. The van der Waals surface area contributed by atoms with Crippen molar-refractivity contribution in [2.45, 2.75) is 6.92 Å². The number of aryl methyl sites for hydroxylation is 1. The summed E-state index contributed by atoms with van der Waals surface area (Å²) in [5, 5.41) is 17.3. The van der Waals surface area contributed by atoms with Gasteiger partial charge in [-0.2, -0.15) is 0 Å². The Morgan fingerprint density at radius 2 is 2.20 bits per heavy atom. The van der Waals surface area contributed by atoms with Crippen molar-refractivity contribution in [2.24, 2.45) is 0 Å². The van der Waals surface area contributed by atoms with Crippen molar-refractivity contribution in [2.75, 3.05) is 5.73 Å². The van der Waals surface area contributed by atoms with Crippen molar-refractivity contribution in [3.8, 4) is 0 Å². The van der Waals surface area contributed by atoms with Crippen LogP contribution in [-0.4, -0.2) is 17.2 Å². The monoisotopic (exact) mass is 157 g/mol. The van der Waals surface area contributed by atoms with Crippen LogP contribution in [0.2, 0.25) is 0 Å². The van der Waals surface area contributed by atoms with Gasteiger partial charge < -0.3 is 15.8 Å². The molecule has 0 aliphatic heterocycles. The standard InChI is InChI=1S/C5H8BNO2S/c1-3-4(7)2-5(10-3)6(8)9/h2,8-9H,7H2,1H3. The quantitative estimate of drug-likeness (QED) is 0.473. The number of hydrogen-bond donors (Lipinski definition) is 3. The zero-order chi connectivity index (χ0) is 7.72. The van der Waals surface area contributed by atoms with Crippen molar-refractivity contribution in [1.29, 1.82) is 0 Å². The first kappa shape index (κ1) is 7.59. The molecule has 0 aliphatic rings. The maximum Gasteiger partial charge on any atom is 0.499 e. The number of anilines is 1. The average Bonchev–Trinajstić information content (AvgIpc) is 2.13. The number of nitrogens with two attached hydrogens (primary N) is 1. The Kier molecular flexibility index (Phi) is 1.98. The van der Waals surface area contributed by atoms with Crippen LogP contribution in [0.15, 0.2) is 6.07 Å². The van der Waals surface area contributed by atoms with Gasteiger partial charge in [-0.1, -0.05) is 0 Å². The average molecular weight is 157 g/mol. The van der Waals surface area contributed by atoms with Gasteiger partial charge in [0.1, 0.15) is 0 Å². The highest BCUT2D eigenvalue weighted by Crippen LogP contribution is 2.14. The minimum Gasteiger partial charge on any atom is -0.423 e. The molecule has 0 fully saturated rings. The maximum absolute atomic E-state index is 8.67. The summed E-state index contributed by atoms with van der Waals surface area (Å²) in [6.45, 7) is 1.84. The van der Waals surface area contributed by atoms with E-state index in [9.17, 15) is 0 Å². The molecule has 3 nitrogen and oxygen atoms in total. The van der Waals surface area contributed by atoms with E-state index in [0.717, 1.165) is 4.88 Å². The van der Waals surface area contributed by atoms with E-state index in [-0.39, 0.29) is 0 Å². The second-order valence-electron chi connectivity index (χ2n) is 2.03. The molecule has 0 saturated carbocycles. The van der Waals surface area contributed by atoms with Gasteiger partial charge in [-0.05, 0) is 13.0 Å². The largest absolute Gasteiger partial charge is 0.499 e. The van der Waals surface area contributed by atoms with E-state index < -0.39 is 7.12 Å². The van der Waals surface area contributed by atoms with Crippen molar-refractivity contribution in [3.63, 3.8) is 0 Å². The predicted octanol–water partition coefficient (Wildman–Crippen LogP) is -0.681. The maximum atomic E-state index is 8.67. The van der Waals surface area contributed by atoms with E-state index in [0.29, 0.717) is 10.5 Å². The molecule has 4 N–H and O–H groups in total. The van der Waals surface area contributed by atoms with Crippen LogP contribution in [0.1, 0.15) is 4.88 Å². The van der Waals surface area contributed by atoms with Gasteiger partial charge in [0, 0.05) is 15.3 Å². The first-order valence-electron chi connectivity index (χ1n) is 2.83. The molecule has 1 heterocycles. The predicted molar refractivity (Wildman–Crippen MR) is 43.3 cm³/mol. The summed E-state index contributed by atoms with van der Waals surface area (Å²) in [6, 6.07) is 1.57. The minimum absolute atomic E-state index is 0.495. The molecule has 0 unspecified atom stereocenters. The highest BCUT2D eigenvalue weighted by molar-refractivity contribution is 7.22. The molecule has 5 heteroatoms. The fourth-order valence-corrected chi connectivity index (χ4v) is 1.47. The van der Waals surface area contributed by atoms with Gasteiger partial charge >= 0.3 is 7.12 Å². The lowest BCUT2D eigenvalue weighted by molar-refractivity contribution is 0.427. The van der Waals surface area contributed by atoms with Crippen LogP contribution in [0, 0.1) is 6.92 Å². The van der Waals surface area contributed by atoms with E-state index in [4.69, 9.17) is 15.8 Å². The molecule has 0 radical (unpaired) electrons. The van der Waals surface area contributed by atoms with Crippen LogP contribution in [-0.2, 0) is 0 Å². The summed E-state index contributed by atoms with van der Waals surface area (Å²) in [6.07, 6.45) is 0. The third kappa shape index (κ3) is 1.31. The number of thiophene rings is 1. The normalized spacial score (nSPS) is 9.90. The van der Waals surface area contributed by atoms with Gasteiger partial charge in [0.15, 0.2) is 0 Å². The summed E-state index contributed by atoms with van der Waals surface area (Å²) < 4.78 is 0.495.